The lowest BCUT2D eigenvalue weighted by Crippen LogP contribution is -2.46. The summed E-state index contributed by atoms with van der Waals surface area (Å²) >= 11 is 0. The molecule has 0 amide bonds. The molecule has 4 heteroatoms. The lowest BCUT2D eigenvalue weighted by atomic mass is 9.76. The van der Waals surface area contributed by atoms with Crippen LogP contribution >= 0.6 is 0 Å². The third kappa shape index (κ3) is 2.70. The maximum Gasteiger partial charge on any atom is 0.142 e. The summed E-state index contributed by atoms with van der Waals surface area (Å²) in [6, 6.07) is 13.6. The van der Waals surface area contributed by atoms with E-state index in [-0.39, 0.29) is 41.2 Å². The van der Waals surface area contributed by atoms with E-state index in [2.05, 4.69) is 5.32 Å². The van der Waals surface area contributed by atoms with Crippen molar-refractivity contribution in [2.45, 2.75) is 25.9 Å². The van der Waals surface area contributed by atoms with Gasteiger partial charge in [0.15, 0.2) is 0 Å². The molecule has 0 aromatic heterocycles. The van der Waals surface area contributed by atoms with Crippen LogP contribution in [0.15, 0.2) is 48.5 Å². The van der Waals surface area contributed by atoms with Crippen molar-refractivity contribution in [1.82, 2.24) is 5.32 Å². The van der Waals surface area contributed by atoms with Crippen LogP contribution in [0.3, 0.4) is 0 Å². The van der Waals surface area contributed by atoms with Gasteiger partial charge < -0.3 is 15.5 Å². The number of nitrogens with one attached hydrogen (secondary N) is 1. The number of rotatable bonds is 2. The molecule has 2 aromatic carbocycles. The van der Waals surface area contributed by atoms with E-state index in [1.54, 1.807) is 24.3 Å². The Morgan fingerprint density at radius 3 is 1.57 bits per heavy atom. The number of phenolic OH excluding ortho intramolecular Hbond substituents is 2. The number of benzene rings is 2. The van der Waals surface area contributed by atoms with Gasteiger partial charge in [0, 0.05) is 35.0 Å². The lowest BCUT2D eigenvalue weighted by Gasteiger charge is -2.39. The summed E-state index contributed by atoms with van der Waals surface area (Å²) < 4.78 is 0. The Bertz CT molecular complexity index is 669. The highest BCUT2D eigenvalue weighted by Crippen LogP contribution is 2.42. The van der Waals surface area contributed by atoms with Gasteiger partial charge in [-0.2, -0.15) is 0 Å². The molecule has 120 valence electrons. The molecule has 23 heavy (non-hydrogen) atoms. The van der Waals surface area contributed by atoms with Crippen LogP contribution in [-0.2, 0) is 4.79 Å². The van der Waals surface area contributed by atoms with E-state index in [0.29, 0.717) is 11.1 Å². The molecule has 1 aliphatic rings. The second-order valence-corrected chi connectivity index (χ2v) is 6.22. The molecule has 0 spiro atoms. The molecule has 1 fully saturated rings. The number of hydrogen-bond donors (Lipinski definition) is 3. The number of phenols is 2. The second kappa shape index (κ2) is 6.05. The van der Waals surface area contributed by atoms with E-state index in [1.807, 2.05) is 38.1 Å². The van der Waals surface area contributed by atoms with Crippen LogP contribution in [0, 0.1) is 11.8 Å². The van der Waals surface area contributed by atoms with Gasteiger partial charge in [-0.15, -0.1) is 0 Å². The Hall–Kier alpha value is -2.33. The summed E-state index contributed by atoms with van der Waals surface area (Å²) in [6.45, 7) is 3.76. The zero-order chi connectivity index (χ0) is 16.6. The lowest BCUT2D eigenvalue weighted by molar-refractivity contribution is -0.130. The van der Waals surface area contributed by atoms with Crippen LogP contribution < -0.4 is 5.32 Å². The fourth-order valence-electron chi connectivity index (χ4n) is 3.44. The number of carbonyl (C=O) groups is 1. The normalized spacial score (nSPS) is 27.8. The third-order valence-electron chi connectivity index (χ3n) is 4.80. The van der Waals surface area contributed by atoms with E-state index in [4.69, 9.17) is 0 Å². The molecule has 3 N–H and O–H groups in total. The molecule has 4 unspecified atom stereocenters. The summed E-state index contributed by atoms with van der Waals surface area (Å²) in [5.74, 6) is -0.0171. The fourth-order valence-corrected chi connectivity index (χ4v) is 3.44. The zero-order valence-corrected chi connectivity index (χ0v) is 13.2. The van der Waals surface area contributed by atoms with Gasteiger partial charge >= 0.3 is 0 Å². The van der Waals surface area contributed by atoms with Gasteiger partial charge in [-0.1, -0.05) is 50.2 Å². The Balaban J connectivity index is 2.02. The summed E-state index contributed by atoms with van der Waals surface area (Å²) in [5, 5.41) is 23.7. The molecule has 1 aliphatic heterocycles. The van der Waals surface area contributed by atoms with Crippen LogP contribution in [-0.4, -0.2) is 16.0 Å². The summed E-state index contributed by atoms with van der Waals surface area (Å²) in [4.78, 5) is 12.7. The third-order valence-corrected chi connectivity index (χ3v) is 4.80. The number of ketones is 1. The largest absolute Gasteiger partial charge is 0.508 e. The second-order valence-electron chi connectivity index (χ2n) is 6.22. The molecule has 2 aromatic rings. The number of piperidine rings is 1. The number of hydrogen-bond acceptors (Lipinski definition) is 4. The first kappa shape index (κ1) is 15.6. The average Bonchev–Trinajstić information content (AvgIpc) is 2.55. The average molecular weight is 311 g/mol. The molecular weight excluding hydrogens is 290 g/mol. The Morgan fingerprint density at radius 1 is 0.783 bits per heavy atom. The van der Waals surface area contributed by atoms with Crippen molar-refractivity contribution in [3.63, 3.8) is 0 Å². The van der Waals surface area contributed by atoms with Gasteiger partial charge in [0.2, 0.25) is 0 Å². The van der Waals surface area contributed by atoms with Crippen LogP contribution in [0.4, 0.5) is 0 Å². The predicted molar refractivity (Wildman–Crippen MR) is 88.2 cm³/mol. The van der Waals surface area contributed by atoms with Crippen molar-refractivity contribution in [3.8, 4) is 11.5 Å². The van der Waals surface area contributed by atoms with Crippen LogP contribution in [0.2, 0.25) is 0 Å². The molecule has 1 heterocycles. The number of carbonyl (C=O) groups excluding carboxylic acids is 1. The van der Waals surface area contributed by atoms with Crippen molar-refractivity contribution < 1.29 is 15.0 Å². The van der Waals surface area contributed by atoms with Gasteiger partial charge in [-0.05, 0) is 12.1 Å². The van der Waals surface area contributed by atoms with Crippen molar-refractivity contribution in [2.75, 3.05) is 0 Å². The fraction of sp³-hybridized carbons (Fsp3) is 0.316. The Morgan fingerprint density at radius 2 is 1.17 bits per heavy atom. The summed E-state index contributed by atoms with van der Waals surface area (Å²) in [7, 11) is 0. The van der Waals surface area contributed by atoms with Crippen LogP contribution in [0.1, 0.15) is 37.1 Å². The Labute approximate surface area is 135 Å². The van der Waals surface area contributed by atoms with Crippen molar-refractivity contribution in [3.05, 3.63) is 59.7 Å². The molecule has 0 saturated carbocycles. The van der Waals surface area contributed by atoms with E-state index < -0.39 is 0 Å². The van der Waals surface area contributed by atoms with E-state index in [1.165, 1.54) is 0 Å². The highest BCUT2D eigenvalue weighted by molar-refractivity contribution is 5.85. The number of Topliss-reactive ketones (excluding diaryl/α,β-unsaturated/α-hetero) is 1. The van der Waals surface area contributed by atoms with Crippen LogP contribution in [0.25, 0.3) is 0 Å². The minimum absolute atomic E-state index is 0.130. The van der Waals surface area contributed by atoms with Gasteiger partial charge in [0.05, 0.1) is 0 Å². The number of aromatic hydroxyl groups is 2. The van der Waals surface area contributed by atoms with E-state index in [0.717, 1.165) is 0 Å². The molecule has 0 aliphatic carbocycles. The first-order valence-corrected chi connectivity index (χ1v) is 7.86. The van der Waals surface area contributed by atoms with E-state index >= 15 is 0 Å². The molecule has 1 saturated heterocycles. The maximum atomic E-state index is 12.7. The molecular formula is C19H21NO3. The molecule has 0 bridgehead atoms. The monoisotopic (exact) mass is 311 g/mol. The first-order valence-electron chi connectivity index (χ1n) is 7.86. The smallest absolute Gasteiger partial charge is 0.142 e. The first-order chi connectivity index (χ1) is 11.0. The van der Waals surface area contributed by atoms with Gasteiger partial charge in [0.25, 0.3) is 0 Å². The maximum absolute atomic E-state index is 12.7. The minimum Gasteiger partial charge on any atom is -0.508 e. The SMILES string of the molecule is CC1C(=O)C(C)C(c2ccccc2O)NC1c1ccccc1O. The quantitative estimate of drug-likeness (QED) is 0.796. The van der Waals surface area contributed by atoms with Gasteiger partial charge in [-0.25, -0.2) is 0 Å². The van der Waals surface area contributed by atoms with Crippen molar-refractivity contribution in [1.29, 1.82) is 0 Å². The number of para-hydroxylation sites is 2. The predicted octanol–water partition coefficient (Wildman–Crippen LogP) is 3.32. The molecule has 4 nitrogen and oxygen atoms in total. The van der Waals surface area contributed by atoms with Crippen molar-refractivity contribution >= 4 is 5.78 Å². The topological polar surface area (TPSA) is 69.6 Å². The van der Waals surface area contributed by atoms with Crippen LogP contribution in [0.5, 0.6) is 11.5 Å². The van der Waals surface area contributed by atoms with Gasteiger partial charge in [0.1, 0.15) is 17.3 Å². The molecule has 0 radical (unpaired) electrons. The van der Waals surface area contributed by atoms with Gasteiger partial charge in [-0.3, -0.25) is 4.79 Å². The summed E-state index contributed by atoms with van der Waals surface area (Å²) in [5.41, 5.74) is 1.42. The highest BCUT2D eigenvalue weighted by Gasteiger charge is 2.41. The Kier molecular flexibility index (Phi) is 4.09. The minimum atomic E-state index is -0.287. The summed E-state index contributed by atoms with van der Waals surface area (Å²) in [6.07, 6.45) is 0. The standard InChI is InChI=1S/C19H21NO3/c1-11-17(13-7-3-5-9-15(13)21)20-18(12(2)19(11)23)14-8-4-6-10-16(14)22/h3-12,17-18,20-22H,1-2H3. The van der Waals surface area contributed by atoms with E-state index in [9.17, 15) is 15.0 Å². The molecule has 3 rings (SSSR count). The highest BCUT2D eigenvalue weighted by atomic mass is 16.3. The molecule has 4 atom stereocenters. The zero-order valence-electron chi connectivity index (χ0n) is 13.2. The van der Waals surface area contributed by atoms with Crippen molar-refractivity contribution in [2.24, 2.45) is 11.8 Å².